The van der Waals surface area contributed by atoms with E-state index in [9.17, 15) is 14.0 Å². The predicted molar refractivity (Wildman–Crippen MR) is 78.0 cm³/mol. The van der Waals surface area contributed by atoms with E-state index in [1.165, 1.54) is 35.2 Å². The molecule has 0 saturated carbocycles. The Hall–Kier alpha value is -2.83. The maximum absolute atomic E-state index is 13.5. The number of nitrogens with zero attached hydrogens (tertiary/aromatic N) is 1. The zero-order valence-corrected chi connectivity index (χ0v) is 12.3. The van der Waals surface area contributed by atoms with Gasteiger partial charge in [-0.2, -0.15) is 0 Å². The maximum Gasteiger partial charge on any atom is 0.371 e. The van der Waals surface area contributed by atoms with Gasteiger partial charge in [0, 0.05) is 6.07 Å². The maximum atomic E-state index is 13.5. The van der Waals surface area contributed by atoms with Gasteiger partial charge < -0.3 is 14.3 Å². The molecule has 1 atom stereocenters. The highest BCUT2D eigenvalue weighted by atomic mass is 19.1. The number of ether oxygens (including phenoxy) is 1. The number of carbonyl (C=O) groups is 2. The second-order valence-electron chi connectivity index (χ2n) is 5.12. The normalized spacial score (nSPS) is 16.9. The molecule has 1 unspecified atom stereocenters. The highest BCUT2D eigenvalue weighted by molar-refractivity contribution is 5.99. The number of carboxylic acid groups (broad SMARTS) is 1. The number of aromatic carboxylic acids is 1. The first-order valence-corrected chi connectivity index (χ1v) is 7.09. The van der Waals surface area contributed by atoms with E-state index >= 15 is 0 Å². The molecule has 1 N–H and O–H groups in total. The fraction of sp³-hybridized carbons (Fsp3) is 0.250. The van der Waals surface area contributed by atoms with E-state index in [0.717, 1.165) is 0 Å². The molecule has 1 amide bonds. The zero-order chi connectivity index (χ0) is 16.6. The molecule has 120 valence electrons. The van der Waals surface area contributed by atoms with Crippen molar-refractivity contribution in [2.45, 2.75) is 26.0 Å². The van der Waals surface area contributed by atoms with E-state index in [4.69, 9.17) is 14.3 Å². The first kappa shape index (κ1) is 15.1. The highest BCUT2D eigenvalue weighted by Gasteiger charge is 2.34. The fourth-order valence-electron chi connectivity index (χ4n) is 2.45. The van der Waals surface area contributed by atoms with Crippen LogP contribution in [0.1, 0.15) is 29.7 Å². The molecule has 7 heteroatoms. The summed E-state index contributed by atoms with van der Waals surface area (Å²) in [5, 5.41) is 8.89. The predicted octanol–water partition coefficient (Wildman–Crippen LogP) is 2.82. The fourth-order valence-corrected chi connectivity index (χ4v) is 2.45. The molecular weight excluding hydrogens is 305 g/mol. The highest BCUT2D eigenvalue weighted by Crippen LogP contribution is 2.36. The van der Waals surface area contributed by atoms with Crippen LogP contribution in [-0.2, 0) is 11.3 Å². The number of anilines is 1. The molecule has 0 aliphatic carbocycles. The van der Waals surface area contributed by atoms with Crippen molar-refractivity contribution in [2.24, 2.45) is 0 Å². The summed E-state index contributed by atoms with van der Waals surface area (Å²) in [4.78, 5) is 24.7. The van der Waals surface area contributed by atoms with Crippen molar-refractivity contribution in [3.8, 4) is 5.75 Å². The molecule has 0 saturated heterocycles. The minimum atomic E-state index is -1.19. The molecule has 2 aromatic rings. The second-order valence-corrected chi connectivity index (χ2v) is 5.12. The standard InChI is InChI=1S/C16H14FNO5/c1-2-12-15(19)18(8-10-4-6-14(22-10)16(20)21)11-7-9(17)3-5-13(11)23-12/h3-7,12H,2,8H2,1H3,(H,20,21). The molecule has 2 heterocycles. The molecular formula is C16H14FNO5. The SMILES string of the molecule is CCC1Oc2ccc(F)cc2N(Cc2ccc(C(=O)O)o2)C1=O. The Labute approximate surface area is 131 Å². The second kappa shape index (κ2) is 5.75. The van der Waals surface area contributed by atoms with Gasteiger partial charge in [-0.25, -0.2) is 9.18 Å². The number of furan rings is 1. The Morgan fingerprint density at radius 1 is 1.35 bits per heavy atom. The van der Waals surface area contributed by atoms with Gasteiger partial charge in [0.25, 0.3) is 5.91 Å². The number of fused-ring (bicyclic) bond motifs is 1. The first-order chi connectivity index (χ1) is 11.0. The van der Waals surface area contributed by atoms with E-state index < -0.39 is 17.9 Å². The van der Waals surface area contributed by atoms with Crippen LogP contribution in [0.2, 0.25) is 0 Å². The summed E-state index contributed by atoms with van der Waals surface area (Å²) < 4.78 is 24.3. The van der Waals surface area contributed by atoms with E-state index in [2.05, 4.69) is 0 Å². The van der Waals surface area contributed by atoms with Gasteiger partial charge in [-0.05, 0) is 30.7 Å². The number of benzene rings is 1. The molecule has 1 aromatic heterocycles. The molecule has 23 heavy (non-hydrogen) atoms. The van der Waals surface area contributed by atoms with Crippen molar-refractivity contribution in [1.29, 1.82) is 0 Å². The van der Waals surface area contributed by atoms with Gasteiger partial charge in [-0.3, -0.25) is 9.69 Å². The molecule has 6 nitrogen and oxygen atoms in total. The van der Waals surface area contributed by atoms with Gasteiger partial charge in [-0.15, -0.1) is 0 Å². The third-order valence-electron chi connectivity index (χ3n) is 3.58. The molecule has 1 aliphatic heterocycles. The van der Waals surface area contributed by atoms with Crippen LogP contribution >= 0.6 is 0 Å². The number of hydrogen-bond acceptors (Lipinski definition) is 4. The summed E-state index contributed by atoms with van der Waals surface area (Å²) in [5.74, 6) is -1.52. The third-order valence-corrected chi connectivity index (χ3v) is 3.58. The van der Waals surface area contributed by atoms with Crippen LogP contribution < -0.4 is 9.64 Å². The van der Waals surface area contributed by atoms with Crippen LogP contribution in [0, 0.1) is 5.82 Å². The Bertz CT molecular complexity index is 770. The number of hydrogen-bond donors (Lipinski definition) is 1. The zero-order valence-electron chi connectivity index (χ0n) is 12.3. The molecule has 0 bridgehead atoms. The molecule has 0 spiro atoms. The first-order valence-electron chi connectivity index (χ1n) is 7.09. The molecule has 1 aromatic carbocycles. The number of halogens is 1. The van der Waals surface area contributed by atoms with Gasteiger partial charge in [0.2, 0.25) is 5.76 Å². The van der Waals surface area contributed by atoms with E-state index in [0.29, 0.717) is 23.6 Å². The summed E-state index contributed by atoms with van der Waals surface area (Å²) >= 11 is 0. The number of amides is 1. The number of carboxylic acids is 1. The van der Waals surface area contributed by atoms with E-state index in [-0.39, 0.29) is 18.2 Å². The minimum Gasteiger partial charge on any atom is -0.478 e. The van der Waals surface area contributed by atoms with Crippen LogP contribution in [0.5, 0.6) is 5.75 Å². The van der Waals surface area contributed by atoms with Crippen LogP contribution in [0.25, 0.3) is 0 Å². The third kappa shape index (κ3) is 2.77. The van der Waals surface area contributed by atoms with Crippen LogP contribution in [0.4, 0.5) is 10.1 Å². The van der Waals surface area contributed by atoms with Crippen LogP contribution in [-0.4, -0.2) is 23.1 Å². The Balaban J connectivity index is 1.96. The van der Waals surface area contributed by atoms with Gasteiger partial charge in [-0.1, -0.05) is 6.92 Å². The van der Waals surface area contributed by atoms with Crippen molar-refractivity contribution in [3.05, 3.63) is 47.7 Å². The van der Waals surface area contributed by atoms with E-state index in [1.807, 2.05) is 6.92 Å². The Kier molecular flexibility index (Phi) is 3.77. The van der Waals surface area contributed by atoms with Gasteiger partial charge in [0.15, 0.2) is 6.10 Å². The number of rotatable bonds is 4. The van der Waals surface area contributed by atoms with Crippen LogP contribution in [0.15, 0.2) is 34.7 Å². The Morgan fingerprint density at radius 3 is 2.78 bits per heavy atom. The molecule has 0 fully saturated rings. The monoisotopic (exact) mass is 319 g/mol. The smallest absolute Gasteiger partial charge is 0.371 e. The lowest BCUT2D eigenvalue weighted by atomic mass is 10.1. The van der Waals surface area contributed by atoms with Crippen molar-refractivity contribution in [1.82, 2.24) is 0 Å². The van der Waals surface area contributed by atoms with Gasteiger partial charge in [0.1, 0.15) is 17.3 Å². The van der Waals surface area contributed by atoms with Crippen molar-refractivity contribution < 1.29 is 28.2 Å². The van der Waals surface area contributed by atoms with Crippen molar-refractivity contribution >= 4 is 17.6 Å². The number of carbonyl (C=O) groups excluding carboxylic acids is 1. The van der Waals surface area contributed by atoms with Gasteiger partial charge >= 0.3 is 5.97 Å². The minimum absolute atomic E-state index is 0.00241. The van der Waals surface area contributed by atoms with Crippen LogP contribution in [0.3, 0.4) is 0 Å². The summed E-state index contributed by atoms with van der Waals surface area (Å²) in [6, 6.07) is 6.73. The average molecular weight is 319 g/mol. The summed E-state index contributed by atoms with van der Waals surface area (Å²) in [6.07, 6.45) is -0.202. The summed E-state index contributed by atoms with van der Waals surface area (Å²) in [7, 11) is 0. The van der Waals surface area contributed by atoms with Crippen molar-refractivity contribution in [2.75, 3.05) is 4.90 Å². The molecule has 1 aliphatic rings. The lowest BCUT2D eigenvalue weighted by Crippen LogP contribution is -2.45. The average Bonchev–Trinajstić information content (AvgIpc) is 2.99. The summed E-state index contributed by atoms with van der Waals surface area (Å²) in [5.41, 5.74) is 0.299. The lowest BCUT2D eigenvalue weighted by molar-refractivity contribution is -0.126. The Morgan fingerprint density at radius 2 is 2.13 bits per heavy atom. The molecule has 3 rings (SSSR count). The summed E-state index contributed by atoms with van der Waals surface area (Å²) in [6.45, 7) is 1.81. The van der Waals surface area contributed by atoms with Crippen molar-refractivity contribution in [3.63, 3.8) is 0 Å². The topological polar surface area (TPSA) is 80.0 Å². The van der Waals surface area contributed by atoms with E-state index in [1.54, 1.807) is 0 Å². The quantitative estimate of drug-likeness (QED) is 0.937. The largest absolute Gasteiger partial charge is 0.478 e. The lowest BCUT2D eigenvalue weighted by Gasteiger charge is -2.33. The molecule has 0 radical (unpaired) electrons. The van der Waals surface area contributed by atoms with Gasteiger partial charge in [0.05, 0.1) is 12.2 Å².